The molecule has 0 aromatic heterocycles. The molecule has 0 bridgehead atoms. The number of aliphatic carboxylic acids is 1. The maximum absolute atomic E-state index is 11.5. The Labute approximate surface area is 109 Å². The highest BCUT2D eigenvalue weighted by Crippen LogP contribution is 2.28. The van der Waals surface area contributed by atoms with Crippen LogP contribution in [0, 0.1) is 5.92 Å². The highest BCUT2D eigenvalue weighted by Gasteiger charge is 2.28. The second-order valence-corrected chi connectivity index (χ2v) is 4.78. The van der Waals surface area contributed by atoms with Crippen LogP contribution in [0.1, 0.15) is 53.4 Å². The van der Waals surface area contributed by atoms with Crippen LogP contribution in [-0.4, -0.2) is 22.6 Å². The number of hydrogen-bond donors (Lipinski definition) is 1. The van der Waals surface area contributed by atoms with Crippen LogP contribution in [0.25, 0.3) is 0 Å². The summed E-state index contributed by atoms with van der Waals surface area (Å²) >= 11 is 0. The molecular formula is C14H24O4. The number of ether oxygens (including phenoxy) is 1. The van der Waals surface area contributed by atoms with Crippen molar-refractivity contribution < 1.29 is 19.4 Å². The Morgan fingerprint density at radius 2 is 1.78 bits per heavy atom. The van der Waals surface area contributed by atoms with E-state index in [9.17, 15) is 9.59 Å². The minimum Gasteiger partial charge on any atom is -0.478 e. The van der Waals surface area contributed by atoms with E-state index in [1.54, 1.807) is 0 Å². The number of carbonyl (C=O) groups is 2. The van der Waals surface area contributed by atoms with E-state index in [0.717, 1.165) is 37.8 Å². The minimum atomic E-state index is -1.15. The van der Waals surface area contributed by atoms with Crippen molar-refractivity contribution in [3.05, 3.63) is 12.2 Å². The van der Waals surface area contributed by atoms with Gasteiger partial charge in [0.15, 0.2) is 0 Å². The fraction of sp³-hybridized carbons (Fsp3) is 0.714. The molecule has 0 aliphatic rings. The molecule has 1 atom stereocenters. The van der Waals surface area contributed by atoms with Crippen molar-refractivity contribution in [2.24, 2.45) is 5.92 Å². The lowest BCUT2D eigenvalue weighted by Crippen LogP contribution is -2.33. The normalized spacial score (nSPS) is 14.7. The maximum atomic E-state index is 11.5. The summed E-state index contributed by atoms with van der Waals surface area (Å²) in [4.78, 5) is 21.8. The molecule has 1 N–H and O–H groups in total. The standard InChI is InChI=1S/C14H24O4/c1-5-11(6-2)10-14(4,7-3)18-13(17)9-8-12(15)16/h8-9,11H,5-7,10H2,1-4H3,(H,15,16)/b9-8+. The molecule has 0 aliphatic heterocycles. The smallest absolute Gasteiger partial charge is 0.331 e. The lowest BCUT2D eigenvalue weighted by molar-refractivity contribution is -0.154. The predicted molar refractivity (Wildman–Crippen MR) is 70.3 cm³/mol. The molecule has 0 aromatic carbocycles. The van der Waals surface area contributed by atoms with Crippen LogP contribution in [0.4, 0.5) is 0 Å². The molecule has 0 saturated carbocycles. The molecule has 104 valence electrons. The van der Waals surface area contributed by atoms with Crippen molar-refractivity contribution in [2.45, 2.75) is 59.0 Å². The lowest BCUT2D eigenvalue weighted by Gasteiger charge is -2.31. The minimum absolute atomic E-state index is 0.517. The Kier molecular flexibility index (Phi) is 7.32. The summed E-state index contributed by atoms with van der Waals surface area (Å²) in [5.41, 5.74) is -0.517. The molecular weight excluding hydrogens is 232 g/mol. The molecule has 0 aromatic rings. The quantitative estimate of drug-likeness (QED) is 0.535. The molecule has 0 spiro atoms. The van der Waals surface area contributed by atoms with Gasteiger partial charge in [-0.05, 0) is 25.7 Å². The van der Waals surface area contributed by atoms with Crippen molar-refractivity contribution in [1.82, 2.24) is 0 Å². The van der Waals surface area contributed by atoms with Gasteiger partial charge in [-0.15, -0.1) is 0 Å². The fourth-order valence-corrected chi connectivity index (χ4v) is 1.86. The summed E-state index contributed by atoms with van der Waals surface area (Å²) in [6, 6.07) is 0. The van der Waals surface area contributed by atoms with Crippen molar-refractivity contribution in [3.63, 3.8) is 0 Å². The molecule has 0 aliphatic carbocycles. The van der Waals surface area contributed by atoms with Gasteiger partial charge in [0, 0.05) is 12.2 Å². The second-order valence-electron chi connectivity index (χ2n) is 4.78. The SMILES string of the molecule is CCC(CC)CC(C)(CC)OC(=O)/C=C/C(=O)O. The molecule has 0 rings (SSSR count). The third-order valence-corrected chi connectivity index (χ3v) is 3.33. The highest BCUT2D eigenvalue weighted by atomic mass is 16.6. The van der Waals surface area contributed by atoms with Crippen LogP contribution in [-0.2, 0) is 14.3 Å². The van der Waals surface area contributed by atoms with Gasteiger partial charge >= 0.3 is 11.9 Å². The summed E-state index contributed by atoms with van der Waals surface area (Å²) in [6.07, 6.45) is 5.39. The van der Waals surface area contributed by atoms with Crippen LogP contribution in [0.15, 0.2) is 12.2 Å². The third kappa shape index (κ3) is 6.42. The van der Waals surface area contributed by atoms with E-state index in [1.165, 1.54) is 0 Å². The molecule has 4 nitrogen and oxygen atoms in total. The monoisotopic (exact) mass is 256 g/mol. The summed E-state index contributed by atoms with van der Waals surface area (Å²) in [7, 11) is 0. The molecule has 0 fully saturated rings. The largest absolute Gasteiger partial charge is 0.478 e. The van der Waals surface area contributed by atoms with Gasteiger partial charge in [-0.1, -0.05) is 33.6 Å². The van der Waals surface area contributed by atoms with E-state index in [2.05, 4.69) is 13.8 Å². The number of hydrogen-bond acceptors (Lipinski definition) is 3. The first-order valence-corrected chi connectivity index (χ1v) is 6.50. The van der Waals surface area contributed by atoms with Gasteiger partial charge in [-0.2, -0.15) is 0 Å². The zero-order chi connectivity index (χ0) is 14.2. The molecule has 0 radical (unpaired) electrons. The molecule has 1 unspecified atom stereocenters. The molecule has 0 amide bonds. The number of esters is 1. The molecule has 0 saturated heterocycles. The Balaban J connectivity index is 4.55. The molecule has 4 heteroatoms. The number of rotatable bonds is 8. The Bertz CT molecular complexity index is 305. The topological polar surface area (TPSA) is 63.6 Å². The number of carbonyl (C=O) groups excluding carboxylic acids is 1. The van der Waals surface area contributed by atoms with E-state index < -0.39 is 17.5 Å². The number of carboxylic acids is 1. The molecule has 18 heavy (non-hydrogen) atoms. The maximum Gasteiger partial charge on any atom is 0.331 e. The first kappa shape index (κ1) is 16.7. The Morgan fingerprint density at radius 1 is 1.22 bits per heavy atom. The van der Waals surface area contributed by atoms with Gasteiger partial charge in [-0.3, -0.25) is 0 Å². The summed E-state index contributed by atoms with van der Waals surface area (Å²) in [5, 5.41) is 8.44. The Hall–Kier alpha value is -1.32. The van der Waals surface area contributed by atoms with E-state index in [4.69, 9.17) is 9.84 Å². The second kappa shape index (κ2) is 7.90. The van der Waals surface area contributed by atoms with Gasteiger partial charge in [0.1, 0.15) is 5.60 Å². The zero-order valence-electron chi connectivity index (χ0n) is 11.7. The van der Waals surface area contributed by atoms with Crippen LogP contribution in [0.3, 0.4) is 0 Å². The van der Waals surface area contributed by atoms with Gasteiger partial charge in [0.2, 0.25) is 0 Å². The zero-order valence-corrected chi connectivity index (χ0v) is 11.7. The third-order valence-electron chi connectivity index (χ3n) is 3.33. The van der Waals surface area contributed by atoms with Crippen molar-refractivity contribution in [3.8, 4) is 0 Å². The van der Waals surface area contributed by atoms with E-state index in [0.29, 0.717) is 5.92 Å². The van der Waals surface area contributed by atoms with E-state index >= 15 is 0 Å². The Morgan fingerprint density at radius 3 is 2.17 bits per heavy atom. The van der Waals surface area contributed by atoms with Crippen molar-refractivity contribution in [2.75, 3.05) is 0 Å². The van der Waals surface area contributed by atoms with Crippen LogP contribution < -0.4 is 0 Å². The summed E-state index contributed by atoms with van der Waals surface area (Å²) < 4.78 is 5.38. The van der Waals surface area contributed by atoms with E-state index in [-0.39, 0.29) is 0 Å². The van der Waals surface area contributed by atoms with Gasteiger partial charge < -0.3 is 9.84 Å². The summed E-state index contributed by atoms with van der Waals surface area (Å²) in [5.74, 6) is -1.22. The van der Waals surface area contributed by atoms with Crippen molar-refractivity contribution in [1.29, 1.82) is 0 Å². The lowest BCUT2D eigenvalue weighted by atomic mass is 9.86. The summed E-state index contributed by atoms with van der Waals surface area (Å²) in [6.45, 7) is 8.11. The van der Waals surface area contributed by atoms with E-state index in [1.807, 2.05) is 13.8 Å². The predicted octanol–water partition coefficient (Wildman–Crippen LogP) is 3.17. The van der Waals surface area contributed by atoms with Crippen LogP contribution in [0.5, 0.6) is 0 Å². The first-order chi connectivity index (χ1) is 8.36. The van der Waals surface area contributed by atoms with Gasteiger partial charge in [0.25, 0.3) is 0 Å². The fourth-order valence-electron chi connectivity index (χ4n) is 1.86. The average Bonchev–Trinajstić information content (AvgIpc) is 2.33. The first-order valence-electron chi connectivity index (χ1n) is 6.50. The van der Waals surface area contributed by atoms with Crippen molar-refractivity contribution >= 4 is 11.9 Å². The highest BCUT2D eigenvalue weighted by molar-refractivity contribution is 5.90. The molecule has 0 heterocycles. The van der Waals surface area contributed by atoms with Crippen LogP contribution >= 0.6 is 0 Å². The van der Waals surface area contributed by atoms with Gasteiger partial charge in [0.05, 0.1) is 0 Å². The van der Waals surface area contributed by atoms with Gasteiger partial charge in [-0.25, -0.2) is 9.59 Å². The van der Waals surface area contributed by atoms with Crippen LogP contribution in [0.2, 0.25) is 0 Å². The number of carboxylic acid groups (broad SMARTS) is 1. The average molecular weight is 256 g/mol.